The highest BCUT2D eigenvalue weighted by Crippen LogP contribution is 2.32. The smallest absolute Gasteiger partial charge is 0.134 e. The van der Waals surface area contributed by atoms with Crippen molar-refractivity contribution in [2.75, 3.05) is 78.9 Å². The third-order valence-corrected chi connectivity index (χ3v) is 9.77. The summed E-state index contributed by atoms with van der Waals surface area (Å²) in [5.41, 5.74) is 1.77. The first-order valence-electron chi connectivity index (χ1n) is 19.3. The van der Waals surface area contributed by atoms with Gasteiger partial charge in [0.15, 0.2) is 0 Å². The first-order chi connectivity index (χ1) is 29.6. The van der Waals surface area contributed by atoms with Gasteiger partial charge >= 0.3 is 0 Å². The van der Waals surface area contributed by atoms with Gasteiger partial charge in [0.25, 0.3) is 0 Å². The Hall–Kier alpha value is -7.03. The molecule has 0 aromatic heterocycles. The Labute approximate surface area is 354 Å². The predicted octanol–water partition coefficient (Wildman–Crippen LogP) is 0.935. The molecule has 0 saturated heterocycles. The lowest BCUT2D eigenvalue weighted by Crippen LogP contribution is -2.35. The molecule has 3 aliphatic carbocycles. The molecule has 19 nitrogen and oxygen atoms in total. The van der Waals surface area contributed by atoms with E-state index in [1.165, 1.54) is 0 Å². The molecule has 0 aliphatic heterocycles. The standard InChI is InChI=1S/C42H45N13O6/c43-19-28(20-44)34-13-31(56)16-40(37(34)25-49)52-1-7-59-10-4-55(5-11-60-8-2-53-41-17-32(57)14-35(38(41)26-50)29(21-45)22-46)6-12-61-9-3-54-42-18-33(58)15-36(39(42)27-51)30(23-47)24-48/h31-33,52-54,56-58H,1-18H2. The van der Waals surface area contributed by atoms with Crippen LogP contribution in [0, 0.1) is 102 Å². The van der Waals surface area contributed by atoms with E-state index in [1.807, 2.05) is 18.2 Å². The van der Waals surface area contributed by atoms with Crippen molar-refractivity contribution in [2.45, 2.75) is 56.8 Å². The highest BCUT2D eigenvalue weighted by molar-refractivity contribution is 5.59. The molecule has 0 amide bonds. The van der Waals surface area contributed by atoms with E-state index >= 15 is 0 Å². The van der Waals surface area contributed by atoms with E-state index in [4.69, 9.17) is 14.2 Å². The Kier molecular flexibility index (Phi) is 20.7. The van der Waals surface area contributed by atoms with Crippen LogP contribution in [0.2, 0.25) is 0 Å². The highest BCUT2D eigenvalue weighted by atomic mass is 16.5. The summed E-state index contributed by atoms with van der Waals surface area (Å²) in [5.74, 6) is 0. The maximum atomic E-state index is 10.3. The molecule has 0 saturated carbocycles. The number of rotatable bonds is 21. The summed E-state index contributed by atoms with van der Waals surface area (Å²) >= 11 is 0. The number of aliphatic hydroxyl groups excluding tert-OH is 3. The molecule has 0 radical (unpaired) electrons. The number of nitrogens with zero attached hydrogens (tertiary/aromatic N) is 10. The molecule has 19 heteroatoms. The molecule has 0 heterocycles. The molecule has 3 atom stereocenters. The van der Waals surface area contributed by atoms with Crippen LogP contribution in [0.1, 0.15) is 38.5 Å². The third kappa shape index (κ3) is 14.3. The van der Waals surface area contributed by atoms with E-state index in [9.17, 15) is 62.7 Å². The van der Waals surface area contributed by atoms with Gasteiger partial charge in [-0.05, 0) is 0 Å². The molecule has 0 bridgehead atoms. The first kappa shape index (κ1) is 48.3. The monoisotopic (exact) mass is 827 g/mol. The van der Waals surface area contributed by atoms with Crippen LogP contribution in [-0.4, -0.2) is 117 Å². The average Bonchev–Trinajstić information content (AvgIpc) is 3.25. The van der Waals surface area contributed by atoms with Gasteiger partial charge in [-0.2, -0.15) is 47.4 Å². The van der Waals surface area contributed by atoms with Crippen LogP contribution in [0.25, 0.3) is 0 Å². The van der Waals surface area contributed by atoms with Crippen LogP contribution in [-0.2, 0) is 14.2 Å². The fraction of sp³-hybridized carbons (Fsp3) is 0.500. The molecule has 314 valence electrons. The molecule has 6 N–H and O–H groups in total. The molecular formula is C42H45N13O6. The largest absolute Gasteiger partial charge is 0.392 e. The first-order valence-corrected chi connectivity index (χ1v) is 19.3. The van der Waals surface area contributed by atoms with Crippen LogP contribution in [0.15, 0.2) is 67.2 Å². The molecule has 61 heavy (non-hydrogen) atoms. The normalized spacial score (nSPS) is 18.5. The van der Waals surface area contributed by atoms with Gasteiger partial charge in [-0.25, -0.2) is 0 Å². The van der Waals surface area contributed by atoms with E-state index < -0.39 is 18.3 Å². The lowest BCUT2D eigenvalue weighted by Gasteiger charge is -2.25. The Morgan fingerprint density at radius 3 is 0.934 bits per heavy atom. The molecule has 0 aromatic carbocycles. The van der Waals surface area contributed by atoms with E-state index in [0.717, 1.165) is 0 Å². The van der Waals surface area contributed by atoms with Crippen LogP contribution in [0.3, 0.4) is 0 Å². The number of hydrogen-bond donors (Lipinski definition) is 6. The number of aliphatic hydroxyl groups is 3. The summed E-state index contributed by atoms with van der Waals surface area (Å²) in [6.45, 7) is 3.96. The maximum absolute atomic E-state index is 10.3. The minimum atomic E-state index is -0.856. The molecule has 3 aliphatic rings. The summed E-state index contributed by atoms with van der Waals surface area (Å²) in [6, 6.07) is 16.8. The van der Waals surface area contributed by atoms with E-state index in [1.54, 1.807) is 36.4 Å². The molecule has 0 spiro atoms. The quantitative estimate of drug-likeness (QED) is 0.0692. The Balaban J connectivity index is 1.55. The van der Waals surface area contributed by atoms with Gasteiger partial charge in [0.1, 0.15) is 71.3 Å². The number of ether oxygens (including phenoxy) is 3. The second-order valence-electron chi connectivity index (χ2n) is 13.8. The van der Waals surface area contributed by atoms with Gasteiger partial charge in [-0.15, -0.1) is 0 Å². The zero-order valence-electron chi connectivity index (χ0n) is 33.5. The number of nitriles is 9. The van der Waals surface area contributed by atoms with Crippen molar-refractivity contribution in [2.24, 2.45) is 0 Å². The second-order valence-corrected chi connectivity index (χ2v) is 13.8. The van der Waals surface area contributed by atoms with Crippen molar-refractivity contribution >= 4 is 0 Å². The summed E-state index contributed by atoms with van der Waals surface area (Å²) in [4.78, 5) is 2.05. The van der Waals surface area contributed by atoms with Crippen LogP contribution in [0.4, 0.5) is 0 Å². The SMILES string of the molecule is N#CC(C#N)=C1CC(O)CC(NCCOCCN(CCOCCNC2=C(C#N)C(=C(C#N)C#N)CC(O)C2)CCOCCNC2=C(C#N)C(=C(C#N)C#N)CC(O)C2)=C1C#N. The van der Waals surface area contributed by atoms with Crippen LogP contribution in [0.5, 0.6) is 0 Å². The summed E-state index contributed by atoms with van der Waals surface area (Å²) in [5, 5.41) is 125. The molecule has 0 fully saturated rings. The van der Waals surface area contributed by atoms with Gasteiger partial charge in [0, 0.05) is 112 Å². The lowest BCUT2D eigenvalue weighted by molar-refractivity contribution is 0.0547. The highest BCUT2D eigenvalue weighted by Gasteiger charge is 2.29. The molecule has 0 aromatic rings. The van der Waals surface area contributed by atoms with Gasteiger partial charge in [-0.1, -0.05) is 0 Å². The van der Waals surface area contributed by atoms with E-state index in [2.05, 4.69) is 20.9 Å². The van der Waals surface area contributed by atoms with Crippen molar-refractivity contribution < 1.29 is 29.5 Å². The van der Waals surface area contributed by atoms with Crippen molar-refractivity contribution in [1.29, 1.82) is 47.4 Å². The van der Waals surface area contributed by atoms with E-state index in [0.29, 0.717) is 76.2 Å². The summed E-state index contributed by atoms with van der Waals surface area (Å²) < 4.78 is 17.6. The Bertz CT molecular complexity index is 1920. The fourth-order valence-corrected chi connectivity index (χ4v) is 6.88. The number of nitrogens with one attached hydrogen (secondary N) is 3. The van der Waals surface area contributed by atoms with Gasteiger partial charge in [0.05, 0.1) is 74.7 Å². The van der Waals surface area contributed by atoms with Crippen molar-refractivity contribution in [1.82, 2.24) is 20.9 Å². The summed E-state index contributed by atoms with van der Waals surface area (Å²) in [7, 11) is 0. The van der Waals surface area contributed by atoms with Crippen LogP contribution >= 0.6 is 0 Å². The second kappa shape index (κ2) is 26.1. The Morgan fingerprint density at radius 1 is 0.443 bits per heavy atom. The van der Waals surface area contributed by atoms with Crippen molar-refractivity contribution in [3.05, 3.63) is 67.2 Å². The Morgan fingerprint density at radius 2 is 0.705 bits per heavy atom. The lowest BCUT2D eigenvalue weighted by atomic mass is 9.87. The topological polar surface area (TPSA) is 342 Å². The van der Waals surface area contributed by atoms with E-state index in [-0.39, 0.29) is 109 Å². The number of allylic oxidation sites excluding steroid dienone is 6. The number of hydrogen-bond acceptors (Lipinski definition) is 19. The van der Waals surface area contributed by atoms with Crippen LogP contribution < -0.4 is 16.0 Å². The maximum Gasteiger partial charge on any atom is 0.134 e. The molecule has 3 rings (SSSR count). The molecular weight excluding hydrogens is 783 g/mol. The zero-order valence-corrected chi connectivity index (χ0v) is 33.5. The van der Waals surface area contributed by atoms with Crippen molar-refractivity contribution in [3.8, 4) is 54.6 Å². The fourth-order valence-electron chi connectivity index (χ4n) is 6.88. The zero-order chi connectivity index (χ0) is 44.6. The summed E-state index contributed by atoms with van der Waals surface area (Å²) in [6.07, 6.45) is -1.98. The van der Waals surface area contributed by atoms with Gasteiger partial charge in [0.2, 0.25) is 0 Å². The predicted molar refractivity (Wildman–Crippen MR) is 211 cm³/mol. The van der Waals surface area contributed by atoms with Gasteiger partial charge in [-0.3, -0.25) is 4.90 Å². The molecule has 3 unspecified atom stereocenters. The van der Waals surface area contributed by atoms with Crippen molar-refractivity contribution in [3.63, 3.8) is 0 Å². The minimum absolute atomic E-state index is 0.0315. The van der Waals surface area contributed by atoms with Gasteiger partial charge < -0.3 is 45.5 Å². The third-order valence-electron chi connectivity index (χ3n) is 9.77. The minimum Gasteiger partial charge on any atom is -0.392 e. The average molecular weight is 828 g/mol.